The van der Waals surface area contributed by atoms with Gasteiger partial charge in [0.1, 0.15) is 11.3 Å². The molecule has 2 N–H and O–H groups in total. The van der Waals surface area contributed by atoms with E-state index in [1.54, 1.807) is 23.5 Å². The molecule has 1 aliphatic rings. The van der Waals surface area contributed by atoms with Gasteiger partial charge in [0.25, 0.3) is 0 Å². The van der Waals surface area contributed by atoms with Crippen molar-refractivity contribution in [3.05, 3.63) is 46.2 Å². The van der Waals surface area contributed by atoms with Crippen LogP contribution in [0.3, 0.4) is 0 Å². The van der Waals surface area contributed by atoms with E-state index in [9.17, 15) is 13.2 Å². The van der Waals surface area contributed by atoms with Crippen molar-refractivity contribution < 1.29 is 13.2 Å². The molecule has 4 heterocycles. The number of hydrogen-bond donors (Lipinski definition) is 2. The molecule has 0 radical (unpaired) electrons. The van der Waals surface area contributed by atoms with Crippen LogP contribution in [0.5, 0.6) is 0 Å². The number of nitrogens with zero attached hydrogens (tertiary/aromatic N) is 3. The van der Waals surface area contributed by atoms with Gasteiger partial charge in [-0.1, -0.05) is 0 Å². The Morgan fingerprint density at radius 1 is 1.17 bits per heavy atom. The maximum Gasteiger partial charge on any atom is 0.420 e. The van der Waals surface area contributed by atoms with Gasteiger partial charge in [-0.15, -0.1) is 11.3 Å². The monoisotopic (exact) mass is 449 g/mol. The number of alkyl halides is 3. The number of halogens is 4. The molecule has 0 bridgehead atoms. The Balaban J connectivity index is 1.70. The second-order valence-corrected chi connectivity index (χ2v) is 8.64. The van der Waals surface area contributed by atoms with Gasteiger partial charge in [-0.05, 0) is 42.8 Å². The Morgan fingerprint density at radius 3 is 2.80 bits per heavy atom. The van der Waals surface area contributed by atoms with E-state index in [4.69, 9.17) is 11.6 Å². The van der Waals surface area contributed by atoms with Gasteiger partial charge < -0.3 is 10.6 Å². The lowest BCUT2D eigenvalue weighted by atomic mass is 10.1. The first-order chi connectivity index (χ1) is 14.3. The van der Waals surface area contributed by atoms with Crippen molar-refractivity contribution in [2.24, 2.45) is 0 Å². The number of anilines is 1. The van der Waals surface area contributed by atoms with E-state index in [2.05, 4.69) is 32.5 Å². The Hall–Kier alpha value is -2.49. The molecular formula is C20H15ClF3N5S. The highest BCUT2D eigenvalue weighted by Crippen LogP contribution is 2.42. The van der Waals surface area contributed by atoms with Gasteiger partial charge in [0.05, 0.1) is 16.9 Å². The van der Waals surface area contributed by atoms with Crippen molar-refractivity contribution in [2.75, 3.05) is 11.9 Å². The average Bonchev–Trinajstić information content (AvgIpc) is 2.97. The maximum atomic E-state index is 13.4. The Labute approximate surface area is 178 Å². The molecule has 4 aromatic rings. The molecule has 1 aliphatic heterocycles. The van der Waals surface area contributed by atoms with Crippen LogP contribution in [0.4, 0.5) is 18.9 Å². The predicted octanol–water partition coefficient (Wildman–Crippen LogP) is 5.48. The predicted molar refractivity (Wildman–Crippen MR) is 113 cm³/mol. The number of nitrogens with one attached hydrogen (secondary N) is 2. The first-order valence-corrected chi connectivity index (χ1v) is 10.4. The summed E-state index contributed by atoms with van der Waals surface area (Å²) in [4.78, 5) is 13.0. The number of benzene rings is 1. The Morgan fingerprint density at radius 2 is 2.00 bits per heavy atom. The zero-order valence-electron chi connectivity index (χ0n) is 15.6. The van der Waals surface area contributed by atoms with Gasteiger partial charge in [-0.3, -0.25) is 0 Å². The molecule has 1 aromatic carbocycles. The molecule has 0 fully saturated rings. The zero-order valence-corrected chi connectivity index (χ0v) is 17.2. The average molecular weight is 450 g/mol. The van der Waals surface area contributed by atoms with Crippen LogP contribution in [-0.4, -0.2) is 27.5 Å². The minimum absolute atomic E-state index is 0.100. The second-order valence-electron chi connectivity index (χ2n) is 7.16. The lowest BCUT2D eigenvalue weighted by Crippen LogP contribution is -2.29. The number of thiophene rings is 1. The van der Waals surface area contributed by atoms with E-state index in [0.717, 1.165) is 34.2 Å². The van der Waals surface area contributed by atoms with Crippen molar-refractivity contribution in [3.63, 3.8) is 0 Å². The summed E-state index contributed by atoms with van der Waals surface area (Å²) in [5.41, 5.74) is 0.461. The molecule has 5 nitrogen and oxygen atoms in total. The van der Waals surface area contributed by atoms with E-state index in [-0.39, 0.29) is 16.7 Å². The maximum absolute atomic E-state index is 13.4. The van der Waals surface area contributed by atoms with Crippen molar-refractivity contribution in [3.8, 4) is 11.4 Å². The first kappa shape index (κ1) is 19.5. The van der Waals surface area contributed by atoms with Crippen LogP contribution in [0.2, 0.25) is 5.28 Å². The fraction of sp³-hybridized carbons (Fsp3) is 0.250. The van der Waals surface area contributed by atoms with E-state index in [1.165, 1.54) is 4.88 Å². The third kappa shape index (κ3) is 3.27. The summed E-state index contributed by atoms with van der Waals surface area (Å²) in [6, 6.07) is 7.46. The largest absolute Gasteiger partial charge is 0.420 e. The molecule has 0 saturated carbocycles. The lowest BCUT2D eigenvalue weighted by molar-refractivity contribution is -0.137. The summed E-state index contributed by atoms with van der Waals surface area (Å²) in [6.07, 6.45) is -3.92. The van der Waals surface area contributed by atoms with E-state index >= 15 is 0 Å². The van der Waals surface area contributed by atoms with E-state index in [1.807, 2.05) is 12.1 Å². The molecule has 154 valence electrons. The number of hydrogen-bond acceptors (Lipinski definition) is 6. The van der Waals surface area contributed by atoms with Crippen LogP contribution in [0.25, 0.3) is 32.4 Å². The molecule has 3 aromatic heterocycles. The van der Waals surface area contributed by atoms with Crippen LogP contribution in [0.15, 0.2) is 30.5 Å². The quantitative estimate of drug-likeness (QED) is 0.377. The highest BCUT2D eigenvalue weighted by molar-refractivity contribution is 7.20. The summed E-state index contributed by atoms with van der Waals surface area (Å²) in [5, 5.41) is 8.63. The fourth-order valence-electron chi connectivity index (χ4n) is 3.65. The lowest BCUT2D eigenvalue weighted by Gasteiger charge is -2.12. The highest BCUT2D eigenvalue weighted by atomic mass is 35.5. The molecule has 0 aliphatic carbocycles. The summed E-state index contributed by atoms with van der Waals surface area (Å²) >= 11 is 7.47. The molecule has 10 heteroatoms. The molecular weight excluding hydrogens is 435 g/mol. The van der Waals surface area contributed by atoms with Gasteiger partial charge in [0.15, 0.2) is 0 Å². The van der Waals surface area contributed by atoms with Crippen molar-refractivity contribution in [1.29, 1.82) is 0 Å². The van der Waals surface area contributed by atoms with Crippen LogP contribution in [0, 0.1) is 0 Å². The molecule has 0 spiro atoms. The van der Waals surface area contributed by atoms with Crippen LogP contribution in [0.1, 0.15) is 17.4 Å². The molecule has 0 unspecified atom stereocenters. The van der Waals surface area contributed by atoms with Gasteiger partial charge in [-0.25, -0.2) is 15.0 Å². The molecule has 30 heavy (non-hydrogen) atoms. The Bertz CT molecular complexity index is 1290. The molecule has 5 rings (SSSR count). The first-order valence-electron chi connectivity index (χ1n) is 9.24. The van der Waals surface area contributed by atoms with E-state index in [0.29, 0.717) is 17.8 Å². The summed E-state index contributed by atoms with van der Waals surface area (Å²) < 4.78 is 41.4. The van der Waals surface area contributed by atoms with Crippen molar-refractivity contribution >= 4 is 49.6 Å². The van der Waals surface area contributed by atoms with Crippen molar-refractivity contribution in [1.82, 2.24) is 20.3 Å². The smallest absolute Gasteiger partial charge is 0.382 e. The molecule has 0 saturated heterocycles. The fourth-order valence-corrected chi connectivity index (χ4v) is 4.93. The Kier molecular flexibility index (Phi) is 4.57. The zero-order chi connectivity index (χ0) is 21.0. The standard InChI is InChI=1S/C20H15ClF3N5S/c1-9-6-26-18-15(8-25-9)30-14-5-4-12-10(16(14)18)2-3-13(28-12)17-11(20(22,23)24)7-27-19(21)29-17/h2-5,7,9,25-26H,6,8H2,1H3/t9-/m1/s1. The number of pyridine rings is 1. The summed E-state index contributed by atoms with van der Waals surface area (Å²) in [5.74, 6) is 0. The third-order valence-electron chi connectivity index (χ3n) is 5.10. The number of rotatable bonds is 1. The number of fused-ring (bicyclic) bond motifs is 5. The van der Waals surface area contributed by atoms with Gasteiger partial charge in [-0.2, -0.15) is 13.2 Å². The van der Waals surface area contributed by atoms with Gasteiger partial charge >= 0.3 is 6.18 Å². The van der Waals surface area contributed by atoms with Crippen LogP contribution in [-0.2, 0) is 12.7 Å². The topological polar surface area (TPSA) is 62.7 Å². The third-order valence-corrected chi connectivity index (χ3v) is 6.44. The summed E-state index contributed by atoms with van der Waals surface area (Å²) in [6.45, 7) is 3.67. The highest BCUT2D eigenvalue weighted by Gasteiger charge is 2.36. The van der Waals surface area contributed by atoms with Crippen LogP contribution < -0.4 is 10.6 Å². The SMILES string of the molecule is C[C@@H]1CNc2c(sc3ccc4nc(-c5nc(Cl)ncc5C(F)(F)F)ccc4c23)CN1. The minimum atomic E-state index is -4.61. The van der Waals surface area contributed by atoms with Gasteiger partial charge in [0.2, 0.25) is 5.28 Å². The summed E-state index contributed by atoms with van der Waals surface area (Å²) in [7, 11) is 0. The normalized spacial score (nSPS) is 17.0. The van der Waals surface area contributed by atoms with Gasteiger partial charge in [0, 0.05) is 45.7 Å². The second kappa shape index (κ2) is 7.04. The van der Waals surface area contributed by atoms with E-state index < -0.39 is 11.7 Å². The van der Waals surface area contributed by atoms with Crippen LogP contribution >= 0.6 is 22.9 Å². The molecule has 0 amide bonds. The number of aromatic nitrogens is 3. The van der Waals surface area contributed by atoms with Crippen molar-refractivity contribution in [2.45, 2.75) is 25.7 Å². The molecule has 1 atom stereocenters. The minimum Gasteiger partial charge on any atom is -0.382 e.